The molecule has 158 valence electrons. The standard InChI is InChI=1S/C12H26NO.C10H24NO/c1-10(2)13(5)8-6-12(7-9-13)14-11(3)4;1-9(2)11(5,6)7-8-12-10(3)4/h10-12H,6-9H2,1-5H3;9-10H,7-8H2,1-6H3/q2*+1. The van der Waals surface area contributed by atoms with Crippen LogP contribution in [0.3, 0.4) is 0 Å². The molecule has 4 heteroatoms. The molecule has 0 spiro atoms. The van der Waals surface area contributed by atoms with E-state index in [0.29, 0.717) is 24.4 Å². The van der Waals surface area contributed by atoms with Crippen molar-refractivity contribution in [2.24, 2.45) is 0 Å². The van der Waals surface area contributed by atoms with E-state index >= 15 is 0 Å². The van der Waals surface area contributed by atoms with Crippen molar-refractivity contribution in [3.63, 3.8) is 0 Å². The Morgan fingerprint density at radius 2 is 1.38 bits per heavy atom. The van der Waals surface area contributed by atoms with E-state index in [1.807, 2.05) is 0 Å². The van der Waals surface area contributed by atoms with Crippen molar-refractivity contribution in [2.45, 2.75) is 98.6 Å². The quantitative estimate of drug-likeness (QED) is 0.589. The lowest BCUT2D eigenvalue weighted by molar-refractivity contribution is -0.935. The van der Waals surface area contributed by atoms with Crippen LogP contribution in [0.5, 0.6) is 0 Å². The van der Waals surface area contributed by atoms with Gasteiger partial charge in [-0.15, -0.1) is 0 Å². The van der Waals surface area contributed by atoms with Crippen molar-refractivity contribution < 1.29 is 18.4 Å². The largest absolute Gasteiger partial charge is 0.375 e. The predicted molar refractivity (Wildman–Crippen MR) is 113 cm³/mol. The van der Waals surface area contributed by atoms with E-state index in [4.69, 9.17) is 9.47 Å². The van der Waals surface area contributed by atoms with Crippen LogP contribution in [0, 0.1) is 0 Å². The summed E-state index contributed by atoms with van der Waals surface area (Å²) in [7, 11) is 6.86. The van der Waals surface area contributed by atoms with Crippen LogP contribution in [0.15, 0.2) is 0 Å². The van der Waals surface area contributed by atoms with Gasteiger partial charge >= 0.3 is 0 Å². The molecule has 0 aromatic carbocycles. The van der Waals surface area contributed by atoms with E-state index in [0.717, 1.165) is 23.7 Å². The first kappa shape index (κ1) is 25.8. The molecule has 1 aliphatic heterocycles. The van der Waals surface area contributed by atoms with Crippen LogP contribution in [0.4, 0.5) is 0 Å². The first-order chi connectivity index (χ1) is 11.8. The number of quaternary nitrogens is 2. The minimum Gasteiger partial charge on any atom is -0.375 e. The Bertz CT molecular complexity index is 357. The van der Waals surface area contributed by atoms with E-state index in [2.05, 4.69) is 76.5 Å². The fraction of sp³-hybridized carbons (Fsp3) is 1.00. The van der Waals surface area contributed by atoms with Gasteiger partial charge in [0.15, 0.2) is 0 Å². The molecule has 0 bridgehead atoms. The highest BCUT2D eigenvalue weighted by Crippen LogP contribution is 2.22. The van der Waals surface area contributed by atoms with Crippen LogP contribution in [-0.4, -0.2) is 86.7 Å². The maximum atomic E-state index is 5.85. The molecule has 0 aliphatic carbocycles. The molecule has 1 aliphatic rings. The number of hydrogen-bond acceptors (Lipinski definition) is 2. The zero-order valence-electron chi connectivity index (χ0n) is 19.8. The number of likely N-dealkylation sites (tertiary alicyclic amines) is 1. The molecule has 1 fully saturated rings. The van der Waals surface area contributed by atoms with Crippen LogP contribution in [0.25, 0.3) is 0 Å². The van der Waals surface area contributed by atoms with E-state index in [-0.39, 0.29) is 0 Å². The number of ether oxygens (including phenoxy) is 2. The lowest BCUT2D eigenvalue weighted by atomic mass is 10.0. The second kappa shape index (κ2) is 11.6. The summed E-state index contributed by atoms with van der Waals surface area (Å²) in [5.41, 5.74) is 0. The molecule has 4 nitrogen and oxygen atoms in total. The summed E-state index contributed by atoms with van der Waals surface area (Å²) in [5, 5.41) is 0. The Morgan fingerprint density at radius 3 is 1.73 bits per heavy atom. The number of hydrogen-bond donors (Lipinski definition) is 0. The van der Waals surface area contributed by atoms with E-state index in [9.17, 15) is 0 Å². The molecule has 0 radical (unpaired) electrons. The normalized spacial score (nSPS) is 24.3. The van der Waals surface area contributed by atoms with Gasteiger partial charge in [0.2, 0.25) is 0 Å². The molecule has 26 heavy (non-hydrogen) atoms. The molecular weight excluding hydrogens is 324 g/mol. The topological polar surface area (TPSA) is 18.5 Å². The second-order valence-electron chi connectivity index (χ2n) is 9.92. The average molecular weight is 375 g/mol. The average Bonchev–Trinajstić information content (AvgIpc) is 2.49. The van der Waals surface area contributed by atoms with E-state index in [1.54, 1.807) is 0 Å². The Morgan fingerprint density at radius 1 is 0.885 bits per heavy atom. The van der Waals surface area contributed by atoms with Gasteiger partial charge in [-0.05, 0) is 55.4 Å². The van der Waals surface area contributed by atoms with Crippen LogP contribution in [-0.2, 0) is 9.47 Å². The van der Waals surface area contributed by atoms with Crippen molar-refractivity contribution in [1.29, 1.82) is 0 Å². The third kappa shape index (κ3) is 10.2. The number of rotatable bonds is 8. The van der Waals surface area contributed by atoms with Crippen LogP contribution in [0.1, 0.15) is 68.2 Å². The fourth-order valence-corrected chi connectivity index (χ4v) is 2.95. The molecule has 1 heterocycles. The van der Waals surface area contributed by atoms with Crippen molar-refractivity contribution in [3.05, 3.63) is 0 Å². The smallest absolute Gasteiger partial charge is 0.102 e. The Hall–Kier alpha value is -0.160. The zero-order chi connectivity index (χ0) is 20.5. The molecule has 1 rings (SSSR count). The third-order valence-electron chi connectivity index (χ3n) is 6.15. The van der Waals surface area contributed by atoms with Gasteiger partial charge in [-0.25, -0.2) is 0 Å². The maximum absolute atomic E-state index is 5.85. The molecule has 0 amide bonds. The molecule has 0 aromatic rings. The van der Waals surface area contributed by atoms with Gasteiger partial charge in [-0.3, -0.25) is 0 Å². The number of nitrogens with zero attached hydrogens (tertiary/aromatic N) is 2. The molecule has 0 aromatic heterocycles. The summed E-state index contributed by atoms with van der Waals surface area (Å²) in [6.07, 6.45) is 3.72. The lowest BCUT2D eigenvalue weighted by Gasteiger charge is -2.43. The van der Waals surface area contributed by atoms with Crippen molar-refractivity contribution in [3.8, 4) is 0 Å². The number of likely N-dealkylation sites (N-methyl/N-ethyl adjacent to an activating group) is 1. The zero-order valence-corrected chi connectivity index (χ0v) is 19.8. The Labute approximate surface area is 165 Å². The van der Waals surface area contributed by atoms with Crippen LogP contribution >= 0.6 is 0 Å². The Kier molecular flexibility index (Phi) is 11.6. The molecular formula is C22H50N2O2+2. The number of piperidine rings is 1. The van der Waals surface area contributed by atoms with Gasteiger partial charge in [0.05, 0.1) is 71.2 Å². The van der Waals surface area contributed by atoms with E-state index in [1.165, 1.54) is 30.4 Å². The van der Waals surface area contributed by atoms with Gasteiger partial charge in [0.25, 0.3) is 0 Å². The molecule has 1 saturated heterocycles. The van der Waals surface area contributed by atoms with Crippen molar-refractivity contribution in [1.82, 2.24) is 0 Å². The summed E-state index contributed by atoms with van der Waals surface area (Å²) in [5.74, 6) is 0. The van der Waals surface area contributed by atoms with Gasteiger partial charge in [0.1, 0.15) is 6.54 Å². The van der Waals surface area contributed by atoms with E-state index < -0.39 is 0 Å². The lowest BCUT2D eigenvalue weighted by Crippen LogP contribution is -2.55. The third-order valence-corrected chi connectivity index (χ3v) is 6.15. The Balaban J connectivity index is 0.000000488. The molecule has 0 atom stereocenters. The highest BCUT2D eigenvalue weighted by atomic mass is 16.5. The predicted octanol–water partition coefficient (Wildman–Crippen LogP) is 4.33. The first-order valence-corrected chi connectivity index (χ1v) is 10.7. The van der Waals surface area contributed by atoms with Crippen LogP contribution in [0.2, 0.25) is 0 Å². The van der Waals surface area contributed by atoms with Gasteiger partial charge < -0.3 is 18.4 Å². The first-order valence-electron chi connectivity index (χ1n) is 10.7. The highest BCUT2D eigenvalue weighted by molar-refractivity contribution is 4.66. The maximum Gasteiger partial charge on any atom is 0.102 e. The fourth-order valence-electron chi connectivity index (χ4n) is 2.95. The molecule has 0 unspecified atom stereocenters. The molecule has 0 N–H and O–H groups in total. The van der Waals surface area contributed by atoms with Gasteiger partial charge in [0, 0.05) is 12.8 Å². The summed E-state index contributed by atoms with van der Waals surface area (Å²) >= 11 is 0. The second-order valence-corrected chi connectivity index (χ2v) is 9.92. The summed E-state index contributed by atoms with van der Waals surface area (Å²) in [4.78, 5) is 0. The van der Waals surface area contributed by atoms with Gasteiger partial charge in [-0.1, -0.05) is 0 Å². The van der Waals surface area contributed by atoms with Gasteiger partial charge in [-0.2, -0.15) is 0 Å². The monoisotopic (exact) mass is 374 g/mol. The summed E-state index contributed by atoms with van der Waals surface area (Å²) in [6.45, 7) is 22.1. The van der Waals surface area contributed by atoms with Crippen molar-refractivity contribution in [2.75, 3.05) is 47.4 Å². The minimum absolute atomic E-state index is 0.358. The highest BCUT2D eigenvalue weighted by Gasteiger charge is 2.32. The van der Waals surface area contributed by atoms with Crippen molar-refractivity contribution >= 4 is 0 Å². The minimum atomic E-state index is 0.358. The summed E-state index contributed by atoms with van der Waals surface area (Å²) < 4.78 is 13.6. The molecule has 0 saturated carbocycles. The SMILES string of the molecule is CC(C)OC1CC[N+](C)(C(C)C)CC1.CC(C)OCC[N+](C)(C)C(C)C. The van der Waals surface area contributed by atoms with Crippen LogP contribution < -0.4 is 0 Å². The summed E-state index contributed by atoms with van der Waals surface area (Å²) in [6, 6.07) is 1.41.